The Kier molecular flexibility index (Phi) is 5.87. The minimum atomic E-state index is -3.53. The molecule has 0 heterocycles. The molecule has 1 rings (SSSR count). The molecule has 3 N–H and O–H groups in total. The second kappa shape index (κ2) is 6.94. The molecule has 0 fully saturated rings. The van der Waals surface area contributed by atoms with Crippen LogP contribution in [-0.4, -0.2) is 28.2 Å². The molecule has 0 bridgehead atoms. The predicted octanol–water partition coefficient (Wildman–Crippen LogP) is 1.63. The number of hydrogen-bond donors (Lipinski definition) is 2. The number of anilines is 1. The zero-order valence-electron chi connectivity index (χ0n) is 10.1. The van der Waals surface area contributed by atoms with Crippen LogP contribution < -0.4 is 10.5 Å². The summed E-state index contributed by atoms with van der Waals surface area (Å²) >= 11 is 5.74. The van der Waals surface area contributed by atoms with Gasteiger partial charge in [-0.3, -0.25) is 0 Å². The van der Waals surface area contributed by atoms with Crippen molar-refractivity contribution in [3.63, 3.8) is 0 Å². The number of halogens is 1. The number of sulfonamides is 1. The van der Waals surface area contributed by atoms with E-state index in [1.54, 1.807) is 0 Å². The number of ether oxygens (including phenoxy) is 1. The maximum atomic E-state index is 11.9. The lowest BCUT2D eigenvalue weighted by Gasteiger charge is -2.08. The normalized spacial score (nSPS) is 11.7. The van der Waals surface area contributed by atoms with E-state index < -0.39 is 10.0 Å². The van der Waals surface area contributed by atoms with Crippen LogP contribution in [0.4, 0.5) is 5.69 Å². The van der Waals surface area contributed by atoms with Crippen LogP contribution in [0.25, 0.3) is 0 Å². The fourth-order valence-electron chi connectivity index (χ4n) is 1.30. The first-order valence-electron chi connectivity index (χ1n) is 5.60. The van der Waals surface area contributed by atoms with Gasteiger partial charge in [0, 0.05) is 19.8 Å². The van der Waals surface area contributed by atoms with Crippen molar-refractivity contribution in [1.82, 2.24) is 4.72 Å². The zero-order valence-corrected chi connectivity index (χ0v) is 11.7. The smallest absolute Gasteiger partial charge is 0.240 e. The standard InChI is InChI=1S/C11H17ClN2O3S/c1-2-17-7-3-6-14-18(15,16)9-4-5-10(12)11(13)8-9/h4-5,8,14H,2-3,6-7,13H2,1H3. The molecule has 0 aliphatic carbocycles. The molecule has 1 aromatic carbocycles. The summed E-state index contributed by atoms with van der Waals surface area (Å²) in [5.41, 5.74) is 5.81. The average Bonchev–Trinajstić information content (AvgIpc) is 2.32. The topological polar surface area (TPSA) is 81.4 Å². The van der Waals surface area contributed by atoms with Gasteiger partial charge in [0.2, 0.25) is 10.0 Å². The summed E-state index contributed by atoms with van der Waals surface area (Å²) in [7, 11) is -3.53. The molecule has 5 nitrogen and oxygen atoms in total. The summed E-state index contributed by atoms with van der Waals surface area (Å²) in [6, 6.07) is 4.22. The minimum absolute atomic E-state index is 0.112. The molecule has 0 spiro atoms. The van der Waals surface area contributed by atoms with E-state index in [0.29, 0.717) is 31.2 Å². The van der Waals surface area contributed by atoms with E-state index >= 15 is 0 Å². The number of benzene rings is 1. The molecule has 102 valence electrons. The van der Waals surface area contributed by atoms with Crippen molar-refractivity contribution >= 4 is 27.3 Å². The molecule has 0 aromatic heterocycles. The second-order valence-electron chi connectivity index (χ2n) is 3.63. The van der Waals surface area contributed by atoms with Crippen LogP contribution in [0.15, 0.2) is 23.1 Å². The molecule has 18 heavy (non-hydrogen) atoms. The van der Waals surface area contributed by atoms with Gasteiger partial charge in [-0.1, -0.05) is 11.6 Å². The summed E-state index contributed by atoms with van der Waals surface area (Å²) in [5.74, 6) is 0. The van der Waals surface area contributed by atoms with E-state index in [9.17, 15) is 8.42 Å². The van der Waals surface area contributed by atoms with Crippen LogP contribution in [0.2, 0.25) is 5.02 Å². The fourth-order valence-corrected chi connectivity index (χ4v) is 2.52. The Bertz CT molecular complexity index is 491. The van der Waals surface area contributed by atoms with Gasteiger partial charge in [0.15, 0.2) is 0 Å². The molecule has 0 aliphatic heterocycles. The van der Waals surface area contributed by atoms with Crippen molar-refractivity contribution in [3.8, 4) is 0 Å². The third kappa shape index (κ3) is 4.45. The molecule has 0 aliphatic rings. The van der Waals surface area contributed by atoms with Crippen LogP contribution >= 0.6 is 11.6 Å². The third-order valence-electron chi connectivity index (χ3n) is 2.24. The van der Waals surface area contributed by atoms with Gasteiger partial charge in [0.25, 0.3) is 0 Å². The van der Waals surface area contributed by atoms with Gasteiger partial charge in [0.05, 0.1) is 15.6 Å². The lowest BCUT2D eigenvalue weighted by atomic mass is 10.3. The Labute approximate surface area is 112 Å². The van der Waals surface area contributed by atoms with Crippen molar-refractivity contribution in [2.75, 3.05) is 25.5 Å². The third-order valence-corrected chi connectivity index (χ3v) is 4.04. The van der Waals surface area contributed by atoms with E-state index in [0.717, 1.165) is 0 Å². The Hall–Kier alpha value is -0.820. The Morgan fingerprint density at radius 2 is 2.17 bits per heavy atom. The molecule has 0 radical (unpaired) electrons. The van der Waals surface area contributed by atoms with Gasteiger partial charge in [-0.2, -0.15) is 0 Å². The lowest BCUT2D eigenvalue weighted by molar-refractivity contribution is 0.146. The van der Waals surface area contributed by atoms with E-state index in [1.165, 1.54) is 18.2 Å². The van der Waals surface area contributed by atoms with Crippen LogP contribution in [0.1, 0.15) is 13.3 Å². The first-order valence-corrected chi connectivity index (χ1v) is 7.46. The van der Waals surface area contributed by atoms with Gasteiger partial charge in [0.1, 0.15) is 0 Å². The molecule has 0 amide bonds. The van der Waals surface area contributed by atoms with Crippen molar-refractivity contribution < 1.29 is 13.2 Å². The summed E-state index contributed by atoms with van der Waals surface area (Å²) in [4.78, 5) is 0.112. The van der Waals surface area contributed by atoms with E-state index in [4.69, 9.17) is 22.1 Å². The molecule has 1 aromatic rings. The largest absolute Gasteiger partial charge is 0.397 e. The van der Waals surface area contributed by atoms with Gasteiger partial charge < -0.3 is 10.5 Å². The second-order valence-corrected chi connectivity index (χ2v) is 5.81. The van der Waals surface area contributed by atoms with Crippen LogP contribution in [0, 0.1) is 0 Å². The molecule has 0 saturated carbocycles. The summed E-state index contributed by atoms with van der Waals surface area (Å²) < 4.78 is 31.3. The van der Waals surface area contributed by atoms with Gasteiger partial charge in [-0.15, -0.1) is 0 Å². The highest BCUT2D eigenvalue weighted by Gasteiger charge is 2.14. The van der Waals surface area contributed by atoms with Crippen molar-refractivity contribution in [3.05, 3.63) is 23.2 Å². The number of hydrogen-bond acceptors (Lipinski definition) is 4. The SMILES string of the molecule is CCOCCCNS(=O)(=O)c1ccc(Cl)c(N)c1. The summed E-state index contributed by atoms with van der Waals surface area (Å²) in [6.45, 7) is 3.37. The monoisotopic (exact) mass is 292 g/mol. The number of rotatable bonds is 7. The van der Waals surface area contributed by atoms with E-state index in [2.05, 4.69) is 4.72 Å². The van der Waals surface area contributed by atoms with Crippen molar-refractivity contribution in [2.45, 2.75) is 18.2 Å². The molecular weight excluding hydrogens is 276 g/mol. The van der Waals surface area contributed by atoms with Gasteiger partial charge in [-0.25, -0.2) is 13.1 Å². The Morgan fingerprint density at radius 1 is 1.44 bits per heavy atom. The summed E-state index contributed by atoms with van der Waals surface area (Å²) in [6.07, 6.45) is 0.621. The Balaban J connectivity index is 2.60. The molecular formula is C11H17ClN2O3S. The molecule has 7 heteroatoms. The lowest BCUT2D eigenvalue weighted by Crippen LogP contribution is -2.25. The van der Waals surface area contributed by atoms with Gasteiger partial charge >= 0.3 is 0 Å². The first kappa shape index (κ1) is 15.2. The van der Waals surface area contributed by atoms with Crippen molar-refractivity contribution in [2.24, 2.45) is 0 Å². The highest BCUT2D eigenvalue weighted by atomic mass is 35.5. The predicted molar refractivity (Wildman–Crippen MR) is 72.2 cm³/mol. The van der Waals surface area contributed by atoms with E-state index in [-0.39, 0.29) is 10.6 Å². The van der Waals surface area contributed by atoms with Crippen LogP contribution in [0.5, 0.6) is 0 Å². The number of nitrogen functional groups attached to an aromatic ring is 1. The van der Waals surface area contributed by atoms with Crippen molar-refractivity contribution in [1.29, 1.82) is 0 Å². The molecule has 0 atom stereocenters. The molecule has 0 unspecified atom stereocenters. The number of nitrogens with one attached hydrogen (secondary N) is 1. The van der Waals surface area contributed by atoms with E-state index in [1.807, 2.05) is 6.92 Å². The average molecular weight is 293 g/mol. The number of nitrogens with two attached hydrogens (primary N) is 1. The zero-order chi connectivity index (χ0) is 13.6. The quantitative estimate of drug-likeness (QED) is 0.591. The van der Waals surface area contributed by atoms with Gasteiger partial charge in [-0.05, 0) is 31.5 Å². The maximum absolute atomic E-state index is 11.9. The fraction of sp³-hybridized carbons (Fsp3) is 0.455. The first-order chi connectivity index (χ1) is 8.47. The Morgan fingerprint density at radius 3 is 2.78 bits per heavy atom. The highest BCUT2D eigenvalue weighted by Crippen LogP contribution is 2.21. The highest BCUT2D eigenvalue weighted by molar-refractivity contribution is 7.89. The maximum Gasteiger partial charge on any atom is 0.240 e. The molecule has 0 saturated heterocycles. The summed E-state index contributed by atoms with van der Waals surface area (Å²) in [5, 5.41) is 0.338. The minimum Gasteiger partial charge on any atom is -0.397 e. The van der Waals surface area contributed by atoms with Crippen LogP contribution in [-0.2, 0) is 14.8 Å². The van der Waals surface area contributed by atoms with Crippen LogP contribution in [0.3, 0.4) is 0 Å².